The zero-order valence-corrected chi connectivity index (χ0v) is 23.8. The average Bonchev–Trinajstić information content (AvgIpc) is 3.37. The van der Waals surface area contributed by atoms with E-state index in [0.29, 0.717) is 10.7 Å². The number of aromatic amines is 1. The molecule has 0 aliphatic carbocycles. The predicted octanol–water partition coefficient (Wildman–Crippen LogP) is 5.43. The Balaban J connectivity index is 1.35. The van der Waals surface area contributed by atoms with E-state index in [1.165, 1.54) is 29.6 Å². The van der Waals surface area contributed by atoms with E-state index in [2.05, 4.69) is 77.9 Å². The van der Waals surface area contributed by atoms with Crippen LogP contribution in [0.2, 0.25) is 0 Å². The Morgan fingerprint density at radius 2 is 1.75 bits per heavy atom. The summed E-state index contributed by atoms with van der Waals surface area (Å²) in [6, 6.07) is 27.5. The van der Waals surface area contributed by atoms with Gasteiger partial charge in [0.15, 0.2) is 0 Å². The Hall–Kier alpha value is -4.43. The predicted molar refractivity (Wildman–Crippen MR) is 159 cm³/mol. The molecule has 1 heterocycles. The van der Waals surface area contributed by atoms with Gasteiger partial charge in [-0.3, -0.25) is 4.79 Å². The van der Waals surface area contributed by atoms with Crippen LogP contribution in [0.3, 0.4) is 0 Å². The molecule has 0 unspecified atom stereocenters. The number of fused-ring (bicyclic) bond motifs is 1. The number of hydrogen-bond acceptors (Lipinski definition) is 5. The Labute approximate surface area is 238 Å². The van der Waals surface area contributed by atoms with Gasteiger partial charge in [0.2, 0.25) is 0 Å². The maximum atomic E-state index is 12.7. The van der Waals surface area contributed by atoms with Gasteiger partial charge in [-0.15, -0.1) is 5.10 Å². The fraction of sp³-hybridized carbons (Fsp3) is 0.188. The number of thioether (sulfide) groups is 1. The highest BCUT2D eigenvalue weighted by Crippen LogP contribution is 2.26. The molecule has 40 heavy (non-hydrogen) atoms. The summed E-state index contributed by atoms with van der Waals surface area (Å²) in [4.78, 5) is 12.7. The van der Waals surface area contributed by atoms with Gasteiger partial charge < -0.3 is 5.11 Å². The zero-order valence-electron chi connectivity index (χ0n) is 22.9. The second kappa shape index (κ2) is 11.4. The highest BCUT2D eigenvalue weighted by molar-refractivity contribution is 7.99. The lowest BCUT2D eigenvalue weighted by molar-refractivity contribution is -0.625. The number of rotatable bonds is 7. The standard InChI is InChI=1S/C32H31N5O2S/c1-21-9-16-25(17-10-21)37-30(23-11-14-24(15-12-23)32(2,3)4)35-36-31(37)40-20-29(39)34-33-19-27-26-8-6-5-7-22(26)13-18-28(27)38/h5-19H,20H2,1-4H3,(H2,33,34,38,39). The number of nitrogens with one attached hydrogen (secondary N) is 2. The van der Waals surface area contributed by atoms with Gasteiger partial charge in [0, 0.05) is 0 Å². The van der Waals surface area contributed by atoms with E-state index in [-0.39, 0.29) is 22.8 Å². The monoisotopic (exact) mass is 549 g/mol. The van der Waals surface area contributed by atoms with Gasteiger partial charge in [-0.2, -0.15) is 9.67 Å². The first-order valence-corrected chi connectivity index (χ1v) is 14.0. The lowest BCUT2D eigenvalue weighted by Crippen LogP contribution is -2.34. The Morgan fingerprint density at radius 1 is 1.02 bits per heavy atom. The molecule has 0 saturated carbocycles. The normalized spacial score (nSPS) is 11.8. The van der Waals surface area contributed by atoms with Crippen molar-refractivity contribution >= 4 is 34.7 Å². The molecule has 8 heteroatoms. The Bertz CT molecular complexity index is 1680. The molecule has 0 aliphatic heterocycles. The van der Waals surface area contributed by atoms with Crippen LogP contribution in [0.15, 0.2) is 95.2 Å². The number of nitrogens with zero attached hydrogens (tertiary/aromatic N) is 3. The number of amides is 1. The molecule has 202 valence electrons. The number of carbonyl (C=O) groups is 1. The zero-order chi connectivity index (χ0) is 28.3. The molecule has 0 aliphatic rings. The number of carbonyl (C=O) groups excluding carboxylic acids is 1. The van der Waals surface area contributed by atoms with Crippen molar-refractivity contribution in [1.82, 2.24) is 15.6 Å². The number of H-pyrrole nitrogens is 1. The molecular weight excluding hydrogens is 518 g/mol. The molecule has 1 amide bonds. The summed E-state index contributed by atoms with van der Waals surface area (Å²) in [6.07, 6.45) is 1.41. The molecule has 0 spiro atoms. The number of hydrazone groups is 1. The van der Waals surface area contributed by atoms with Crippen molar-refractivity contribution in [3.8, 4) is 22.8 Å². The van der Waals surface area contributed by atoms with Crippen molar-refractivity contribution in [3.63, 3.8) is 0 Å². The fourth-order valence-corrected chi connectivity index (χ4v) is 5.15. The van der Waals surface area contributed by atoms with E-state index in [0.717, 1.165) is 33.4 Å². The largest absolute Gasteiger partial charge is 0.872 e. The van der Waals surface area contributed by atoms with Crippen LogP contribution >= 0.6 is 11.8 Å². The maximum absolute atomic E-state index is 12.7. The molecular formula is C32H31N5O2S. The molecule has 0 radical (unpaired) electrons. The third-order valence-corrected chi connectivity index (χ3v) is 7.57. The van der Waals surface area contributed by atoms with E-state index < -0.39 is 0 Å². The average molecular weight is 550 g/mol. The summed E-state index contributed by atoms with van der Waals surface area (Å²) < 4.78 is 2.02. The first kappa shape index (κ1) is 27.1. The van der Waals surface area contributed by atoms with Crippen molar-refractivity contribution in [2.45, 2.75) is 38.3 Å². The van der Waals surface area contributed by atoms with Crippen molar-refractivity contribution < 1.29 is 14.5 Å². The minimum Gasteiger partial charge on any atom is -0.872 e. The number of aryl methyl sites for hydroxylation is 1. The first-order chi connectivity index (χ1) is 19.2. The number of hydrogen-bond donors (Lipinski definition) is 2. The molecule has 0 fully saturated rings. The van der Waals surface area contributed by atoms with Crippen LogP contribution in [0.5, 0.6) is 5.75 Å². The molecule has 0 atom stereocenters. The summed E-state index contributed by atoms with van der Waals surface area (Å²) in [5.74, 6) is 0.466. The van der Waals surface area contributed by atoms with E-state index >= 15 is 0 Å². The van der Waals surface area contributed by atoms with Gasteiger partial charge in [0.25, 0.3) is 11.7 Å². The summed E-state index contributed by atoms with van der Waals surface area (Å²) in [7, 11) is 0. The third-order valence-electron chi connectivity index (χ3n) is 6.63. The van der Waals surface area contributed by atoms with E-state index in [1.54, 1.807) is 6.07 Å². The Kier molecular flexibility index (Phi) is 7.71. The SMILES string of the molecule is Cc1ccc(-[n+]2c(SCC(=O)NN=Cc3c([O-])ccc4ccccc34)n[nH]c2-c2ccc(C(C)(C)C)cc2)cc1. The van der Waals surface area contributed by atoms with Crippen LogP contribution in [-0.2, 0) is 10.2 Å². The number of aromatic nitrogens is 3. The minimum absolute atomic E-state index is 0.0547. The smallest absolute Gasteiger partial charge is 0.342 e. The van der Waals surface area contributed by atoms with Gasteiger partial charge in [-0.05, 0) is 70.3 Å². The van der Waals surface area contributed by atoms with Crippen LogP contribution in [0, 0.1) is 6.92 Å². The van der Waals surface area contributed by atoms with Crippen LogP contribution in [0.25, 0.3) is 27.8 Å². The van der Waals surface area contributed by atoms with Crippen molar-refractivity contribution in [2.24, 2.45) is 5.10 Å². The van der Waals surface area contributed by atoms with Gasteiger partial charge in [0.1, 0.15) is 5.69 Å². The topological polar surface area (TPSA) is 97.1 Å². The van der Waals surface area contributed by atoms with Crippen molar-refractivity contribution in [3.05, 3.63) is 102 Å². The van der Waals surface area contributed by atoms with Gasteiger partial charge in [0.05, 0.1) is 22.6 Å². The van der Waals surface area contributed by atoms with E-state index in [9.17, 15) is 9.90 Å². The molecule has 5 aromatic rings. The quantitative estimate of drug-likeness (QED) is 0.122. The molecule has 1 aromatic heterocycles. The Morgan fingerprint density at radius 3 is 2.48 bits per heavy atom. The highest BCUT2D eigenvalue weighted by atomic mass is 32.2. The number of benzene rings is 4. The summed E-state index contributed by atoms with van der Waals surface area (Å²) >= 11 is 1.30. The maximum Gasteiger partial charge on any atom is 0.342 e. The minimum atomic E-state index is -0.302. The summed E-state index contributed by atoms with van der Waals surface area (Å²) in [6.45, 7) is 8.62. The molecule has 2 N–H and O–H groups in total. The second-order valence-corrected chi connectivity index (χ2v) is 11.6. The van der Waals surface area contributed by atoms with Crippen LogP contribution in [0.1, 0.15) is 37.5 Å². The summed E-state index contributed by atoms with van der Waals surface area (Å²) in [5, 5.41) is 26.5. The third kappa shape index (κ3) is 5.92. The fourth-order valence-electron chi connectivity index (χ4n) is 4.39. The van der Waals surface area contributed by atoms with Crippen LogP contribution < -0.4 is 15.1 Å². The highest BCUT2D eigenvalue weighted by Gasteiger charge is 2.25. The van der Waals surface area contributed by atoms with Gasteiger partial charge in [-0.25, -0.2) is 5.43 Å². The first-order valence-electron chi connectivity index (χ1n) is 13.0. The molecule has 0 bridgehead atoms. The van der Waals surface area contributed by atoms with Gasteiger partial charge >= 0.3 is 5.16 Å². The molecule has 7 nitrogen and oxygen atoms in total. The van der Waals surface area contributed by atoms with Gasteiger partial charge in [-0.1, -0.05) is 92.7 Å². The van der Waals surface area contributed by atoms with E-state index in [1.807, 2.05) is 47.9 Å². The van der Waals surface area contributed by atoms with Crippen LogP contribution in [0.4, 0.5) is 0 Å². The second-order valence-electron chi connectivity index (χ2n) is 10.6. The van der Waals surface area contributed by atoms with E-state index in [4.69, 9.17) is 0 Å². The molecule has 4 aromatic carbocycles. The van der Waals surface area contributed by atoms with Crippen molar-refractivity contribution in [2.75, 3.05) is 5.75 Å². The lowest BCUT2D eigenvalue weighted by Gasteiger charge is -2.18. The van der Waals surface area contributed by atoms with Crippen LogP contribution in [-0.4, -0.2) is 28.1 Å². The lowest BCUT2D eigenvalue weighted by atomic mass is 9.87. The summed E-state index contributed by atoms with van der Waals surface area (Å²) in [5.41, 5.74) is 7.37. The van der Waals surface area contributed by atoms with Crippen molar-refractivity contribution in [1.29, 1.82) is 0 Å². The molecule has 0 saturated heterocycles. The molecule has 5 rings (SSSR count).